The van der Waals surface area contributed by atoms with Gasteiger partial charge in [-0.2, -0.15) is 0 Å². The van der Waals surface area contributed by atoms with Gasteiger partial charge in [0.2, 0.25) is 5.09 Å². The summed E-state index contributed by atoms with van der Waals surface area (Å²) in [5, 5.41) is 3.00. The lowest BCUT2D eigenvalue weighted by Gasteiger charge is -2.08. The van der Waals surface area contributed by atoms with Gasteiger partial charge in [0.05, 0.1) is 6.54 Å². The molecule has 1 aromatic heterocycles. The molecule has 0 bridgehead atoms. The van der Waals surface area contributed by atoms with Crippen molar-refractivity contribution in [1.82, 2.24) is 10.0 Å². The van der Waals surface area contributed by atoms with Gasteiger partial charge < -0.3 is 9.73 Å². The molecular weight excluding hydrogens is 276 g/mol. The highest BCUT2D eigenvalue weighted by Crippen LogP contribution is 2.13. The molecule has 0 saturated carbocycles. The Hall–Kier alpha value is -0.700. The maximum Gasteiger partial charge on any atom is 0.273 e. The fourth-order valence-electron chi connectivity index (χ4n) is 1.21. The molecule has 6 nitrogen and oxygen atoms in total. The SMILES string of the molecule is CNS(=O)(=O)c1ccc(CNCC(C)S(C)=O)o1. The number of sulfonamides is 1. The molecule has 0 amide bonds. The summed E-state index contributed by atoms with van der Waals surface area (Å²) < 4.78 is 41.3. The van der Waals surface area contributed by atoms with E-state index < -0.39 is 20.8 Å². The van der Waals surface area contributed by atoms with Gasteiger partial charge in [-0.05, 0) is 26.1 Å². The fourth-order valence-corrected chi connectivity index (χ4v) is 2.23. The van der Waals surface area contributed by atoms with Crippen LogP contribution in [0.2, 0.25) is 0 Å². The highest BCUT2D eigenvalue weighted by molar-refractivity contribution is 7.89. The predicted molar refractivity (Wildman–Crippen MR) is 70.2 cm³/mol. The molecule has 2 N–H and O–H groups in total. The first-order valence-electron chi connectivity index (χ1n) is 5.42. The Morgan fingerprint density at radius 2 is 2.11 bits per heavy atom. The maximum absolute atomic E-state index is 11.4. The maximum atomic E-state index is 11.4. The van der Waals surface area contributed by atoms with E-state index in [1.165, 1.54) is 13.1 Å². The molecule has 0 aliphatic rings. The van der Waals surface area contributed by atoms with Crippen LogP contribution in [0.1, 0.15) is 12.7 Å². The summed E-state index contributed by atoms with van der Waals surface area (Å²) in [7, 11) is -3.08. The molecule has 8 heteroatoms. The Bertz CT molecular complexity index is 510. The third kappa shape index (κ3) is 4.20. The summed E-state index contributed by atoms with van der Waals surface area (Å²) in [6, 6.07) is 3.01. The number of nitrogens with one attached hydrogen (secondary N) is 2. The molecule has 0 aliphatic carbocycles. The van der Waals surface area contributed by atoms with E-state index in [0.717, 1.165) is 0 Å². The lowest BCUT2D eigenvalue weighted by atomic mass is 10.4. The molecule has 18 heavy (non-hydrogen) atoms. The van der Waals surface area contributed by atoms with Crippen LogP contribution in [-0.2, 0) is 27.4 Å². The number of furan rings is 1. The topological polar surface area (TPSA) is 88.4 Å². The van der Waals surface area contributed by atoms with Gasteiger partial charge >= 0.3 is 0 Å². The van der Waals surface area contributed by atoms with E-state index in [1.54, 1.807) is 12.3 Å². The summed E-state index contributed by atoms with van der Waals surface area (Å²) in [6.07, 6.45) is 1.65. The van der Waals surface area contributed by atoms with E-state index in [1.807, 2.05) is 6.92 Å². The van der Waals surface area contributed by atoms with Crippen molar-refractivity contribution in [2.75, 3.05) is 19.8 Å². The average Bonchev–Trinajstić information content (AvgIpc) is 2.78. The van der Waals surface area contributed by atoms with Crippen LogP contribution in [0.4, 0.5) is 0 Å². The van der Waals surface area contributed by atoms with Gasteiger partial charge in [-0.15, -0.1) is 0 Å². The number of hydrogen-bond acceptors (Lipinski definition) is 5. The highest BCUT2D eigenvalue weighted by Gasteiger charge is 2.16. The molecular formula is C10H18N2O4S2. The van der Waals surface area contributed by atoms with Crippen LogP contribution in [0.3, 0.4) is 0 Å². The minimum absolute atomic E-state index is 0.0421. The summed E-state index contributed by atoms with van der Waals surface area (Å²) >= 11 is 0. The Morgan fingerprint density at radius 1 is 1.44 bits per heavy atom. The van der Waals surface area contributed by atoms with E-state index in [-0.39, 0.29) is 10.3 Å². The third-order valence-electron chi connectivity index (χ3n) is 2.47. The van der Waals surface area contributed by atoms with E-state index in [2.05, 4.69) is 10.0 Å². The molecule has 1 rings (SSSR count). The lowest BCUT2D eigenvalue weighted by molar-refractivity contribution is 0.401. The highest BCUT2D eigenvalue weighted by atomic mass is 32.2. The number of rotatable bonds is 7. The molecule has 2 unspecified atom stereocenters. The first-order chi connectivity index (χ1) is 8.36. The van der Waals surface area contributed by atoms with Crippen molar-refractivity contribution in [3.63, 3.8) is 0 Å². The zero-order chi connectivity index (χ0) is 13.8. The van der Waals surface area contributed by atoms with Crippen LogP contribution in [0.5, 0.6) is 0 Å². The van der Waals surface area contributed by atoms with E-state index >= 15 is 0 Å². The standard InChI is InChI=1S/C10H18N2O4S2/c1-8(17(3)13)6-12-7-9-4-5-10(16-9)18(14,15)11-2/h4-5,8,11-12H,6-7H2,1-3H3. The molecule has 2 atom stereocenters. The van der Waals surface area contributed by atoms with Crippen LogP contribution < -0.4 is 10.0 Å². The molecule has 1 aromatic rings. The minimum Gasteiger partial charge on any atom is -0.447 e. The monoisotopic (exact) mass is 294 g/mol. The van der Waals surface area contributed by atoms with Gasteiger partial charge in [0.25, 0.3) is 10.0 Å². The van der Waals surface area contributed by atoms with Crippen molar-refractivity contribution in [2.24, 2.45) is 0 Å². The van der Waals surface area contributed by atoms with Gasteiger partial charge in [0.15, 0.2) is 0 Å². The Balaban J connectivity index is 2.53. The first-order valence-corrected chi connectivity index (χ1v) is 8.52. The molecule has 1 heterocycles. The molecule has 0 saturated heterocycles. The molecule has 0 aromatic carbocycles. The van der Waals surface area contributed by atoms with Crippen LogP contribution in [0.15, 0.2) is 21.6 Å². The molecule has 0 spiro atoms. The normalized spacial score (nSPS) is 15.5. The molecule has 0 aliphatic heterocycles. The van der Waals surface area contributed by atoms with Crippen LogP contribution in [-0.4, -0.2) is 37.7 Å². The Labute approximate surface area is 110 Å². The summed E-state index contributed by atoms with van der Waals surface area (Å²) in [5.74, 6) is 0.526. The second-order valence-electron chi connectivity index (χ2n) is 3.87. The van der Waals surface area contributed by atoms with Gasteiger partial charge in [0, 0.05) is 28.9 Å². The van der Waals surface area contributed by atoms with Crippen molar-refractivity contribution >= 4 is 20.8 Å². The Kier molecular flexibility index (Phi) is 5.51. The quantitative estimate of drug-likeness (QED) is 0.741. The van der Waals surface area contributed by atoms with Crippen molar-refractivity contribution in [1.29, 1.82) is 0 Å². The summed E-state index contributed by atoms with van der Waals surface area (Å²) in [6.45, 7) is 2.86. The van der Waals surface area contributed by atoms with Crippen LogP contribution in [0.25, 0.3) is 0 Å². The van der Waals surface area contributed by atoms with E-state index in [0.29, 0.717) is 18.8 Å². The molecule has 0 fully saturated rings. The second kappa shape index (κ2) is 6.46. The fraction of sp³-hybridized carbons (Fsp3) is 0.600. The molecule has 0 radical (unpaired) electrons. The van der Waals surface area contributed by atoms with E-state index in [9.17, 15) is 12.6 Å². The van der Waals surface area contributed by atoms with Gasteiger partial charge in [-0.3, -0.25) is 4.21 Å². The van der Waals surface area contributed by atoms with Gasteiger partial charge in [0.1, 0.15) is 5.76 Å². The van der Waals surface area contributed by atoms with Crippen molar-refractivity contribution < 1.29 is 17.0 Å². The lowest BCUT2D eigenvalue weighted by Crippen LogP contribution is -2.27. The zero-order valence-electron chi connectivity index (χ0n) is 10.6. The van der Waals surface area contributed by atoms with Crippen molar-refractivity contribution in [3.8, 4) is 0 Å². The average molecular weight is 294 g/mol. The van der Waals surface area contributed by atoms with Gasteiger partial charge in [-0.25, -0.2) is 13.1 Å². The second-order valence-corrected chi connectivity index (χ2v) is 7.49. The predicted octanol–water partition coefficient (Wildman–Crippen LogP) is 0.0443. The summed E-state index contributed by atoms with van der Waals surface area (Å²) in [5.41, 5.74) is 0. The van der Waals surface area contributed by atoms with Gasteiger partial charge in [-0.1, -0.05) is 0 Å². The third-order valence-corrected chi connectivity index (χ3v) is 5.05. The first kappa shape index (κ1) is 15.4. The minimum atomic E-state index is -3.53. The van der Waals surface area contributed by atoms with Crippen molar-refractivity contribution in [3.05, 3.63) is 17.9 Å². The zero-order valence-corrected chi connectivity index (χ0v) is 12.2. The Morgan fingerprint density at radius 3 is 2.67 bits per heavy atom. The number of hydrogen-bond donors (Lipinski definition) is 2. The van der Waals surface area contributed by atoms with E-state index in [4.69, 9.17) is 4.42 Å². The van der Waals surface area contributed by atoms with Crippen LogP contribution in [0, 0.1) is 0 Å². The largest absolute Gasteiger partial charge is 0.447 e. The van der Waals surface area contributed by atoms with Crippen molar-refractivity contribution in [2.45, 2.75) is 23.8 Å². The summed E-state index contributed by atoms with van der Waals surface area (Å²) in [4.78, 5) is 0. The smallest absolute Gasteiger partial charge is 0.273 e. The molecule has 104 valence electrons. The van der Waals surface area contributed by atoms with Crippen LogP contribution >= 0.6 is 0 Å².